The summed E-state index contributed by atoms with van der Waals surface area (Å²) >= 11 is 0. The Morgan fingerprint density at radius 1 is 1.08 bits per heavy atom. The largest absolute Gasteiger partial charge is 0.493 e. The molecule has 5 rings (SSSR count). The lowest BCUT2D eigenvalue weighted by Gasteiger charge is -2.25. The topological polar surface area (TPSA) is 106 Å². The van der Waals surface area contributed by atoms with Crippen LogP contribution in [0, 0.1) is 5.82 Å². The summed E-state index contributed by atoms with van der Waals surface area (Å²) in [5.41, 5.74) is 0.913. The molecule has 3 heterocycles. The quantitative estimate of drug-likeness (QED) is 0.639. The molecule has 2 aromatic carbocycles. The van der Waals surface area contributed by atoms with Crippen LogP contribution < -0.4 is 20.1 Å². The molecule has 3 aliphatic heterocycles. The van der Waals surface area contributed by atoms with E-state index in [-0.39, 0.29) is 36.4 Å². The highest BCUT2D eigenvalue weighted by atomic mass is 19.1. The molecule has 0 aromatic heterocycles. The van der Waals surface area contributed by atoms with E-state index in [1.165, 1.54) is 19.2 Å². The van der Waals surface area contributed by atoms with Crippen molar-refractivity contribution in [3.05, 3.63) is 53.3 Å². The van der Waals surface area contributed by atoms with Gasteiger partial charge in [-0.1, -0.05) is 0 Å². The second-order valence-electron chi connectivity index (χ2n) is 9.08. The minimum atomic E-state index is -0.512. The molecule has 1 fully saturated rings. The first-order valence-corrected chi connectivity index (χ1v) is 12.5. The highest BCUT2D eigenvalue weighted by molar-refractivity contribution is 5.94. The van der Waals surface area contributed by atoms with E-state index in [0.717, 1.165) is 6.42 Å². The lowest BCUT2D eigenvalue weighted by Crippen LogP contribution is -2.41. The van der Waals surface area contributed by atoms with Gasteiger partial charge < -0.3 is 29.7 Å². The van der Waals surface area contributed by atoms with Crippen LogP contribution in [0.3, 0.4) is 0 Å². The van der Waals surface area contributed by atoms with E-state index in [1.54, 1.807) is 29.2 Å². The maximum Gasteiger partial charge on any atom is 0.251 e. The summed E-state index contributed by atoms with van der Waals surface area (Å²) in [6.07, 6.45) is 2.31. The van der Waals surface area contributed by atoms with Gasteiger partial charge in [0.2, 0.25) is 5.91 Å². The van der Waals surface area contributed by atoms with Crippen LogP contribution in [0.5, 0.6) is 17.2 Å². The fraction of sp³-hybridized carbons (Fsp3) is 0.444. The molecule has 1 saturated heterocycles. The van der Waals surface area contributed by atoms with E-state index in [4.69, 9.17) is 14.2 Å². The van der Waals surface area contributed by atoms with E-state index in [2.05, 4.69) is 10.6 Å². The van der Waals surface area contributed by atoms with Crippen LogP contribution in [0.15, 0.2) is 36.4 Å². The number of hydrogen-bond donors (Lipinski definition) is 2. The van der Waals surface area contributed by atoms with Gasteiger partial charge in [-0.2, -0.15) is 0 Å². The zero-order valence-electron chi connectivity index (χ0n) is 20.9. The Morgan fingerprint density at radius 3 is 2.70 bits per heavy atom. The van der Waals surface area contributed by atoms with E-state index in [0.29, 0.717) is 68.1 Å². The average molecular weight is 514 g/mol. The smallest absolute Gasteiger partial charge is 0.251 e. The highest BCUT2D eigenvalue weighted by Crippen LogP contribution is 2.33. The Balaban J connectivity index is 1.54. The summed E-state index contributed by atoms with van der Waals surface area (Å²) in [6, 6.07) is 8.92. The van der Waals surface area contributed by atoms with Crippen LogP contribution in [0.25, 0.3) is 0 Å². The predicted molar refractivity (Wildman–Crippen MR) is 133 cm³/mol. The number of benzene rings is 2. The van der Waals surface area contributed by atoms with Crippen LogP contribution in [0.2, 0.25) is 0 Å². The number of nitrogens with zero attached hydrogens (tertiary/aromatic N) is 1. The summed E-state index contributed by atoms with van der Waals surface area (Å²) in [7, 11) is 1.45. The monoisotopic (exact) mass is 513 g/mol. The molecular formula is C27H32FN3O6. The number of carbonyl (C=O) groups is 3. The van der Waals surface area contributed by atoms with Crippen LogP contribution in [0.1, 0.15) is 48.0 Å². The van der Waals surface area contributed by atoms with Crippen molar-refractivity contribution >= 4 is 17.7 Å². The van der Waals surface area contributed by atoms with Gasteiger partial charge in [-0.25, -0.2) is 4.39 Å². The SMILES string of the molecule is COc1cc2ccc1Oc1cc(F)cc(c1)CNC(=O)CCCN(C(=O)C1CCCO1)CCCNC2=O. The molecular weight excluding hydrogens is 481 g/mol. The van der Waals surface area contributed by atoms with Gasteiger partial charge in [0, 0.05) is 50.8 Å². The number of hydrogen-bond acceptors (Lipinski definition) is 6. The zero-order valence-corrected chi connectivity index (χ0v) is 20.9. The average Bonchev–Trinajstić information content (AvgIpc) is 3.43. The van der Waals surface area contributed by atoms with Crippen molar-refractivity contribution in [1.82, 2.24) is 15.5 Å². The highest BCUT2D eigenvalue weighted by Gasteiger charge is 2.28. The minimum absolute atomic E-state index is 0.0843. The minimum Gasteiger partial charge on any atom is -0.493 e. The second kappa shape index (κ2) is 12.5. The Bertz CT molecular complexity index is 1140. The first-order chi connectivity index (χ1) is 17.9. The summed E-state index contributed by atoms with van der Waals surface area (Å²) in [6.45, 7) is 1.89. The second-order valence-corrected chi connectivity index (χ2v) is 9.08. The molecule has 9 nitrogen and oxygen atoms in total. The zero-order chi connectivity index (χ0) is 26.2. The van der Waals surface area contributed by atoms with Gasteiger partial charge in [0.15, 0.2) is 11.5 Å². The Morgan fingerprint density at radius 2 is 1.92 bits per heavy atom. The number of halogens is 1. The van der Waals surface area contributed by atoms with Crippen molar-refractivity contribution in [2.24, 2.45) is 0 Å². The van der Waals surface area contributed by atoms with Crippen molar-refractivity contribution in [1.29, 1.82) is 0 Å². The molecule has 3 aliphatic rings. The Kier molecular flexibility index (Phi) is 8.95. The van der Waals surface area contributed by atoms with Gasteiger partial charge >= 0.3 is 0 Å². The fourth-order valence-corrected chi connectivity index (χ4v) is 4.40. The van der Waals surface area contributed by atoms with E-state index < -0.39 is 11.9 Å². The molecule has 198 valence electrons. The third kappa shape index (κ3) is 7.19. The van der Waals surface area contributed by atoms with Gasteiger partial charge in [-0.15, -0.1) is 0 Å². The Hall–Kier alpha value is -3.66. The van der Waals surface area contributed by atoms with Crippen molar-refractivity contribution in [3.63, 3.8) is 0 Å². The van der Waals surface area contributed by atoms with Crippen molar-refractivity contribution in [2.45, 2.75) is 44.8 Å². The van der Waals surface area contributed by atoms with Crippen LogP contribution in [0.4, 0.5) is 4.39 Å². The summed E-state index contributed by atoms with van der Waals surface area (Å²) in [5.74, 6) is -0.221. The molecule has 0 aliphatic carbocycles. The first kappa shape index (κ1) is 26.4. The molecule has 0 spiro atoms. The first-order valence-electron chi connectivity index (χ1n) is 12.5. The predicted octanol–water partition coefficient (Wildman–Crippen LogP) is 3.16. The van der Waals surface area contributed by atoms with Gasteiger partial charge in [-0.05, 0) is 61.6 Å². The van der Waals surface area contributed by atoms with E-state index >= 15 is 0 Å². The molecule has 10 heteroatoms. The number of methoxy groups -OCH3 is 1. The molecule has 1 atom stereocenters. The van der Waals surface area contributed by atoms with Gasteiger partial charge in [0.1, 0.15) is 17.7 Å². The number of nitrogens with one attached hydrogen (secondary N) is 2. The van der Waals surface area contributed by atoms with Gasteiger partial charge in [0.05, 0.1) is 7.11 Å². The normalized spacial score (nSPS) is 19.5. The molecule has 2 N–H and O–H groups in total. The lowest BCUT2D eigenvalue weighted by molar-refractivity contribution is -0.141. The van der Waals surface area contributed by atoms with Crippen LogP contribution in [-0.4, -0.2) is 62.1 Å². The van der Waals surface area contributed by atoms with Crippen LogP contribution >= 0.6 is 0 Å². The van der Waals surface area contributed by atoms with Gasteiger partial charge in [-0.3, -0.25) is 14.4 Å². The van der Waals surface area contributed by atoms with Crippen molar-refractivity contribution in [3.8, 4) is 17.2 Å². The lowest BCUT2D eigenvalue weighted by atomic mass is 10.1. The van der Waals surface area contributed by atoms with E-state index in [9.17, 15) is 18.8 Å². The molecule has 37 heavy (non-hydrogen) atoms. The summed E-state index contributed by atoms with van der Waals surface area (Å²) < 4.78 is 31.1. The van der Waals surface area contributed by atoms with Crippen LogP contribution in [-0.2, 0) is 20.9 Å². The molecule has 3 amide bonds. The van der Waals surface area contributed by atoms with E-state index in [1.807, 2.05) is 0 Å². The molecule has 0 saturated carbocycles. The number of carbonyl (C=O) groups excluding carboxylic acids is 3. The summed E-state index contributed by atoms with van der Waals surface area (Å²) in [4.78, 5) is 39.8. The van der Waals surface area contributed by atoms with Gasteiger partial charge in [0.25, 0.3) is 11.8 Å². The standard InChI is InChI=1S/C27H32FN3O6/c1-35-24-15-19-7-8-22(24)37-21-14-18(13-20(28)16-21)17-30-25(32)6-2-10-31(11-4-9-29-26(19)33)27(34)23-5-3-12-36-23/h7-8,13-16,23H,2-6,9-12,17H2,1H3,(H,29,33)(H,30,32). The molecule has 2 aromatic rings. The number of rotatable bonds is 2. The summed E-state index contributed by atoms with van der Waals surface area (Å²) in [5, 5.41) is 5.66. The van der Waals surface area contributed by atoms with Crippen molar-refractivity contribution in [2.75, 3.05) is 33.4 Å². The Labute approximate surface area is 215 Å². The number of ether oxygens (including phenoxy) is 3. The fourth-order valence-electron chi connectivity index (χ4n) is 4.40. The maximum atomic E-state index is 14.3. The maximum absolute atomic E-state index is 14.3. The molecule has 1 unspecified atom stereocenters. The molecule has 0 radical (unpaired) electrons. The third-order valence-electron chi connectivity index (χ3n) is 6.31. The third-order valence-corrected chi connectivity index (χ3v) is 6.31. The molecule has 4 bridgehead atoms. The van der Waals surface area contributed by atoms with Crippen molar-refractivity contribution < 1.29 is 33.0 Å². The number of amides is 3. The number of fused-ring (bicyclic) bond motifs is 13.